The zero-order chi connectivity index (χ0) is 20.8. The lowest BCUT2D eigenvalue weighted by molar-refractivity contribution is 0.0953. The summed E-state index contributed by atoms with van der Waals surface area (Å²) in [7, 11) is 0. The third-order valence-corrected chi connectivity index (χ3v) is 5.48. The fourth-order valence-electron chi connectivity index (χ4n) is 3.23. The molecule has 0 radical (unpaired) electrons. The Labute approximate surface area is 177 Å². The van der Waals surface area contributed by atoms with Crippen molar-refractivity contribution in [2.75, 3.05) is 6.54 Å². The van der Waals surface area contributed by atoms with Gasteiger partial charge in [-0.25, -0.2) is 0 Å². The average Bonchev–Trinajstić information content (AvgIpc) is 3.44. The van der Waals surface area contributed by atoms with Crippen molar-refractivity contribution < 1.29 is 4.79 Å². The quantitative estimate of drug-likeness (QED) is 0.428. The number of benzene rings is 1. The first-order chi connectivity index (χ1) is 14.7. The molecular weight excluding hydrogens is 398 g/mol. The monoisotopic (exact) mass is 419 g/mol. The number of H-pyrrole nitrogens is 1. The topological polar surface area (TPSA) is 92.7 Å². The number of amides is 1. The van der Waals surface area contributed by atoms with Gasteiger partial charge in [-0.3, -0.25) is 24.2 Å². The number of carbonyl (C=O) groups is 1. The van der Waals surface area contributed by atoms with Gasteiger partial charge in [0.15, 0.2) is 0 Å². The van der Waals surface area contributed by atoms with E-state index in [-0.39, 0.29) is 10.8 Å². The summed E-state index contributed by atoms with van der Waals surface area (Å²) >= 11 is 1.13. The fourth-order valence-corrected chi connectivity index (χ4v) is 4.00. The summed E-state index contributed by atoms with van der Waals surface area (Å²) in [4.78, 5) is 28.9. The molecule has 3 heterocycles. The first-order valence-electron chi connectivity index (χ1n) is 9.70. The van der Waals surface area contributed by atoms with Crippen LogP contribution in [0, 0.1) is 0 Å². The van der Waals surface area contributed by atoms with E-state index in [1.807, 2.05) is 29.6 Å². The van der Waals surface area contributed by atoms with Crippen molar-refractivity contribution in [1.29, 1.82) is 0 Å². The highest BCUT2D eigenvalue weighted by Crippen LogP contribution is 2.24. The first kappa shape index (κ1) is 19.8. The van der Waals surface area contributed by atoms with Gasteiger partial charge in [-0.2, -0.15) is 5.10 Å². The smallest absolute Gasteiger partial charge is 0.312 e. The number of thiazole rings is 1. The van der Waals surface area contributed by atoms with Gasteiger partial charge < -0.3 is 5.32 Å². The molecule has 2 N–H and O–H groups in total. The Morgan fingerprint density at radius 1 is 1.10 bits per heavy atom. The Bertz CT molecular complexity index is 1170. The lowest BCUT2D eigenvalue weighted by Crippen LogP contribution is -2.24. The van der Waals surface area contributed by atoms with Gasteiger partial charge in [-0.1, -0.05) is 23.5 Å². The molecule has 0 aliphatic rings. The van der Waals surface area contributed by atoms with Crippen LogP contribution in [0.2, 0.25) is 0 Å². The fraction of sp³-hybridized carbons (Fsp3) is 0.182. The van der Waals surface area contributed by atoms with E-state index >= 15 is 0 Å². The van der Waals surface area contributed by atoms with E-state index in [0.29, 0.717) is 12.1 Å². The number of hydrogen-bond donors (Lipinski definition) is 2. The molecule has 0 atom stereocenters. The van der Waals surface area contributed by atoms with E-state index in [0.717, 1.165) is 53.2 Å². The van der Waals surface area contributed by atoms with E-state index < -0.39 is 0 Å². The van der Waals surface area contributed by atoms with Gasteiger partial charge >= 0.3 is 4.87 Å². The lowest BCUT2D eigenvalue weighted by Gasteiger charge is -2.10. The van der Waals surface area contributed by atoms with Gasteiger partial charge in [-0.15, -0.1) is 0 Å². The third-order valence-electron chi connectivity index (χ3n) is 4.75. The molecule has 7 nitrogen and oxygen atoms in total. The van der Waals surface area contributed by atoms with Gasteiger partial charge in [0.2, 0.25) is 0 Å². The summed E-state index contributed by atoms with van der Waals surface area (Å²) in [5.41, 5.74) is 3.99. The maximum atomic E-state index is 12.6. The number of hydrogen-bond acceptors (Lipinski definition) is 5. The molecule has 30 heavy (non-hydrogen) atoms. The molecule has 0 unspecified atom stereocenters. The zero-order valence-electron chi connectivity index (χ0n) is 16.2. The Balaban J connectivity index is 1.43. The number of rotatable bonds is 8. The molecule has 152 valence electrons. The molecule has 0 fully saturated rings. The second-order valence-electron chi connectivity index (χ2n) is 6.80. The summed E-state index contributed by atoms with van der Waals surface area (Å²) in [6.07, 6.45) is 7.81. The average molecular weight is 420 g/mol. The van der Waals surface area contributed by atoms with Crippen LogP contribution in [-0.4, -0.2) is 32.2 Å². The maximum Gasteiger partial charge on any atom is 0.312 e. The number of aryl methyl sites for hydroxylation is 1. The normalized spacial score (nSPS) is 10.8. The number of pyridine rings is 1. The Morgan fingerprint density at radius 3 is 2.77 bits per heavy atom. The first-order valence-corrected chi connectivity index (χ1v) is 10.6. The summed E-state index contributed by atoms with van der Waals surface area (Å²) in [5.74, 6) is -0.119. The third kappa shape index (κ3) is 4.55. The summed E-state index contributed by atoms with van der Waals surface area (Å²) in [5, 5.41) is 11.7. The van der Waals surface area contributed by atoms with Crippen LogP contribution in [0.1, 0.15) is 28.9 Å². The predicted molar refractivity (Wildman–Crippen MR) is 117 cm³/mol. The van der Waals surface area contributed by atoms with Crippen LogP contribution in [-0.2, 0) is 6.42 Å². The molecule has 0 aliphatic carbocycles. The maximum absolute atomic E-state index is 12.6. The minimum absolute atomic E-state index is 0.0803. The van der Waals surface area contributed by atoms with Crippen molar-refractivity contribution in [2.24, 2.45) is 0 Å². The highest BCUT2D eigenvalue weighted by atomic mass is 32.1. The molecule has 1 aromatic carbocycles. The number of aromatic nitrogens is 4. The van der Waals surface area contributed by atoms with E-state index in [1.54, 1.807) is 41.4 Å². The van der Waals surface area contributed by atoms with Gasteiger partial charge in [0, 0.05) is 47.3 Å². The molecule has 3 aromatic heterocycles. The van der Waals surface area contributed by atoms with Crippen molar-refractivity contribution in [3.05, 3.63) is 87.4 Å². The molecule has 4 rings (SSSR count). The van der Waals surface area contributed by atoms with E-state index in [4.69, 9.17) is 0 Å². The highest BCUT2D eigenvalue weighted by Gasteiger charge is 2.13. The SMILES string of the molecule is O=C(NCCCCc1ccn[nH]1)c1cccc(-c2csc(=O)n2-c2ccncc2)c1. The number of nitrogens with one attached hydrogen (secondary N) is 2. The second-order valence-corrected chi connectivity index (χ2v) is 7.62. The van der Waals surface area contributed by atoms with Crippen LogP contribution in [0.15, 0.2) is 71.2 Å². The molecule has 0 bridgehead atoms. The Morgan fingerprint density at radius 2 is 1.97 bits per heavy atom. The Hall–Kier alpha value is -3.52. The number of unbranched alkanes of at least 4 members (excludes halogenated alkanes) is 1. The number of aromatic amines is 1. The van der Waals surface area contributed by atoms with Gasteiger partial charge in [-0.05, 0) is 49.6 Å². The molecule has 0 spiro atoms. The van der Waals surface area contributed by atoms with E-state index in [2.05, 4.69) is 20.5 Å². The summed E-state index contributed by atoms with van der Waals surface area (Å²) in [6, 6.07) is 12.9. The van der Waals surface area contributed by atoms with E-state index in [1.165, 1.54) is 0 Å². The van der Waals surface area contributed by atoms with Crippen LogP contribution in [0.3, 0.4) is 0 Å². The van der Waals surface area contributed by atoms with Crippen LogP contribution in [0.25, 0.3) is 16.9 Å². The van der Waals surface area contributed by atoms with Crippen LogP contribution < -0.4 is 10.2 Å². The predicted octanol–water partition coefficient (Wildman–Crippen LogP) is 3.44. The zero-order valence-corrected chi connectivity index (χ0v) is 17.1. The van der Waals surface area contributed by atoms with Crippen molar-refractivity contribution in [1.82, 2.24) is 25.1 Å². The Kier molecular flexibility index (Phi) is 6.14. The van der Waals surface area contributed by atoms with Crippen molar-refractivity contribution in [2.45, 2.75) is 19.3 Å². The van der Waals surface area contributed by atoms with Crippen molar-refractivity contribution in [3.63, 3.8) is 0 Å². The van der Waals surface area contributed by atoms with Crippen molar-refractivity contribution in [3.8, 4) is 16.9 Å². The van der Waals surface area contributed by atoms with Gasteiger partial charge in [0.25, 0.3) is 5.91 Å². The van der Waals surface area contributed by atoms with Gasteiger partial charge in [0.1, 0.15) is 0 Å². The lowest BCUT2D eigenvalue weighted by atomic mass is 10.1. The molecule has 8 heteroatoms. The van der Waals surface area contributed by atoms with Crippen LogP contribution >= 0.6 is 11.3 Å². The standard InChI is InChI=1S/C22H21N5O2S/c28-21(24-10-2-1-6-18-7-13-25-26-18)17-5-3-4-16(14-17)20-15-30-22(29)27(20)19-8-11-23-12-9-19/h3-5,7-9,11-15H,1-2,6,10H2,(H,24,28)(H,25,26). The van der Waals surface area contributed by atoms with Gasteiger partial charge in [0.05, 0.1) is 11.4 Å². The molecule has 4 aromatic rings. The molecule has 1 amide bonds. The number of carbonyl (C=O) groups excluding carboxylic acids is 1. The minimum Gasteiger partial charge on any atom is -0.352 e. The minimum atomic E-state index is -0.119. The molecular formula is C22H21N5O2S. The summed E-state index contributed by atoms with van der Waals surface area (Å²) in [6.45, 7) is 0.609. The molecule has 0 saturated carbocycles. The number of nitrogens with zero attached hydrogens (tertiary/aromatic N) is 3. The molecule has 0 saturated heterocycles. The summed E-state index contributed by atoms with van der Waals surface area (Å²) < 4.78 is 1.64. The molecule has 0 aliphatic heterocycles. The highest BCUT2D eigenvalue weighted by molar-refractivity contribution is 7.07. The van der Waals surface area contributed by atoms with Crippen molar-refractivity contribution >= 4 is 17.2 Å². The van der Waals surface area contributed by atoms with Crippen LogP contribution in [0.5, 0.6) is 0 Å². The largest absolute Gasteiger partial charge is 0.352 e. The second kappa shape index (κ2) is 9.32. The van der Waals surface area contributed by atoms with Crippen LogP contribution in [0.4, 0.5) is 0 Å². The van der Waals surface area contributed by atoms with E-state index in [9.17, 15) is 9.59 Å².